The first-order valence-electron chi connectivity index (χ1n) is 6.78. The Balaban J connectivity index is 1.70. The Morgan fingerprint density at radius 3 is 2.18 bits per heavy atom. The minimum Gasteiger partial charge on any atom is -0.368 e. The molecule has 3 rings (SSSR count). The molecule has 2 aromatic rings. The molecule has 0 atom stereocenters. The van der Waals surface area contributed by atoms with E-state index in [1.165, 1.54) is 0 Å². The molecule has 0 unspecified atom stereocenters. The Bertz CT molecular complexity index is 666. The van der Waals surface area contributed by atoms with Gasteiger partial charge in [-0.25, -0.2) is 4.98 Å². The lowest BCUT2D eigenvalue weighted by molar-refractivity contribution is 0.647. The van der Waals surface area contributed by atoms with Gasteiger partial charge in [0.1, 0.15) is 11.0 Å². The molecule has 5 nitrogen and oxygen atoms in total. The van der Waals surface area contributed by atoms with Gasteiger partial charge in [0, 0.05) is 37.9 Å². The van der Waals surface area contributed by atoms with Crippen molar-refractivity contribution in [1.29, 1.82) is 0 Å². The average molecular weight is 359 g/mol. The second kappa shape index (κ2) is 6.36. The highest BCUT2D eigenvalue weighted by Crippen LogP contribution is 2.28. The molecule has 0 aliphatic carbocycles. The molecule has 0 saturated carbocycles. The second-order valence-electron chi connectivity index (χ2n) is 4.98. The highest BCUT2D eigenvalue weighted by atomic mass is 35.5. The summed E-state index contributed by atoms with van der Waals surface area (Å²) in [5.41, 5.74) is 6.71. The first-order valence-corrected chi connectivity index (χ1v) is 7.91. The van der Waals surface area contributed by atoms with Crippen molar-refractivity contribution < 1.29 is 0 Å². The van der Waals surface area contributed by atoms with E-state index in [0.29, 0.717) is 15.2 Å². The molecule has 116 valence electrons. The van der Waals surface area contributed by atoms with Crippen LogP contribution in [0.25, 0.3) is 0 Å². The monoisotopic (exact) mass is 357 g/mol. The third-order valence-corrected chi connectivity index (χ3v) is 4.50. The topological polar surface area (TPSA) is 58.3 Å². The van der Waals surface area contributed by atoms with Crippen LogP contribution in [0.5, 0.6) is 0 Å². The van der Waals surface area contributed by atoms with Crippen molar-refractivity contribution in [3.63, 3.8) is 0 Å². The van der Waals surface area contributed by atoms with Gasteiger partial charge in [0.2, 0.25) is 5.95 Å². The molecule has 1 saturated heterocycles. The van der Waals surface area contributed by atoms with E-state index in [4.69, 9.17) is 40.5 Å². The molecule has 0 bridgehead atoms. The van der Waals surface area contributed by atoms with E-state index in [1.807, 2.05) is 18.2 Å². The molecule has 1 aromatic carbocycles. The number of anilines is 3. The molecule has 1 aliphatic heterocycles. The Kier molecular flexibility index (Phi) is 4.47. The number of hydrogen-bond donors (Lipinski definition) is 1. The van der Waals surface area contributed by atoms with Crippen LogP contribution in [-0.4, -0.2) is 36.1 Å². The fraction of sp³-hybridized carbons (Fsp3) is 0.286. The molecular weight excluding hydrogens is 345 g/mol. The largest absolute Gasteiger partial charge is 0.368 e. The van der Waals surface area contributed by atoms with E-state index in [9.17, 15) is 0 Å². The van der Waals surface area contributed by atoms with Crippen molar-refractivity contribution in [2.75, 3.05) is 41.7 Å². The van der Waals surface area contributed by atoms with Crippen LogP contribution in [-0.2, 0) is 0 Å². The van der Waals surface area contributed by atoms with Crippen LogP contribution in [0.2, 0.25) is 15.2 Å². The molecule has 2 heterocycles. The molecule has 1 aromatic heterocycles. The SMILES string of the molecule is Nc1nc(Cl)cc(N2CCN(c3ccc(Cl)c(Cl)c3)CC2)n1. The summed E-state index contributed by atoms with van der Waals surface area (Å²) in [6, 6.07) is 7.41. The quantitative estimate of drug-likeness (QED) is 0.834. The van der Waals surface area contributed by atoms with Crippen molar-refractivity contribution in [3.8, 4) is 0 Å². The lowest BCUT2D eigenvalue weighted by Gasteiger charge is -2.36. The van der Waals surface area contributed by atoms with Crippen molar-refractivity contribution in [1.82, 2.24) is 9.97 Å². The van der Waals surface area contributed by atoms with E-state index in [1.54, 1.807) is 6.07 Å². The standard InChI is InChI=1S/C14H14Cl3N5/c15-10-2-1-9(7-11(10)16)21-3-5-22(6-4-21)13-8-12(17)19-14(18)20-13/h1-2,7-8H,3-6H2,(H2,18,19,20). The van der Waals surface area contributed by atoms with Crippen LogP contribution in [0.3, 0.4) is 0 Å². The van der Waals surface area contributed by atoms with Gasteiger partial charge in [0.05, 0.1) is 10.0 Å². The number of piperazine rings is 1. The normalized spacial score (nSPS) is 15.2. The third-order valence-electron chi connectivity index (χ3n) is 3.57. The van der Waals surface area contributed by atoms with E-state index in [2.05, 4.69) is 19.8 Å². The first kappa shape index (κ1) is 15.5. The Labute approximate surface area is 143 Å². The number of nitrogen functional groups attached to an aromatic ring is 1. The minimum atomic E-state index is 0.189. The number of nitrogens with two attached hydrogens (primary N) is 1. The minimum absolute atomic E-state index is 0.189. The first-order chi connectivity index (χ1) is 10.5. The zero-order valence-electron chi connectivity index (χ0n) is 11.6. The molecule has 1 aliphatic rings. The number of rotatable bonds is 2. The maximum atomic E-state index is 6.08. The molecular formula is C14H14Cl3N5. The van der Waals surface area contributed by atoms with E-state index in [0.717, 1.165) is 37.7 Å². The van der Waals surface area contributed by atoms with Crippen molar-refractivity contribution in [3.05, 3.63) is 39.5 Å². The summed E-state index contributed by atoms with van der Waals surface area (Å²) in [6.07, 6.45) is 0. The molecule has 8 heteroatoms. The van der Waals surface area contributed by atoms with Gasteiger partial charge in [-0.2, -0.15) is 4.98 Å². The summed E-state index contributed by atoms with van der Waals surface area (Å²) in [4.78, 5) is 12.5. The zero-order valence-corrected chi connectivity index (χ0v) is 13.9. The van der Waals surface area contributed by atoms with Gasteiger partial charge in [0.15, 0.2) is 0 Å². The van der Waals surface area contributed by atoms with Gasteiger partial charge in [-0.05, 0) is 18.2 Å². The van der Waals surface area contributed by atoms with E-state index in [-0.39, 0.29) is 5.95 Å². The van der Waals surface area contributed by atoms with Crippen molar-refractivity contribution in [2.24, 2.45) is 0 Å². The lowest BCUT2D eigenvalue weighted by atomic mass is 10.2. The number of hydrogen-bond acceptors (Lipinski definition) is 5. The fourth-order valence-electron chi connectivity index (χ4n) is 2.46. The Morgan fingerprint density at radius 2 is 1.55 bits per heavy atom. The molecule has 0 amide bonds. The van der Waals surface area contributed by atoms with Crippen molar-refractivity contribution in [2.45, 2.75) is 0 Å². The van der Waals surface area contributed by atoms with E-state index >= 15 is 0 Å². The smallest absolute Gasteiger partial charge is 0.223 e. The predicted octanol–water partition coefficient (Wildman–Crippen LogP) is 3.35. The van der Waals surface area contributed by atoms with Gasteiger partial charge in [-0.15, -0.1) is 0 Å². The summed E-state index contributed by atoms with van der Waals surface area (Å²) in [7, 11) is 0. The molecule has 22 heavy (non-hydrogen) atoms. The van der Waals surface area contributed by atoms with Crippen LogP contribution < -0.4 is 15.5 Å². The number of nitrogens with zero attached hydrogens (tertiary/aromatic N) is 4. The maximum absolute atomic E-state index is 6.08. The Hall–Kier alpha value is -1.43. The van der Waals surface area contributed by atoms with Crippen LogP contribution in [0.15, 0.2) is 24.3 Å². The second-order valence-corrected chi connectivity index (χ2v) is 6.18. The van der Waals surface area contributed by atoms with Crippen LogP contribution in [0, 0.1) is 0 Å². The highest BCUT2D eigenvalue weighted by molar-refractivity contribution is 6.42. The van der Waals surface area contributed by atoms with Crippen molar-refractivity contribution >= 4 is 52.3 Å². The molecule has 0 radical (unpaired) electrons. The van der Waals surface area contributed by atoms with Crippen LogP contribution >= 0.6 is 34.8 Å². The highest BCUT2D eigenvalue weighted by Gasteiger charge is 2.19. The Morgan fingerprint density at radius 1 is 0.864 bits per heavy atom. The summed E-state index contributed by atoms with van der Waals surface area (Å²) in [6.45, 7) is 3.32. The van der Waals surface area contributed by atoms with Gasteiger partial charge in [0.25, 0.3) is 0 Å². The average Bonchev–Trinajstić information content (AvgIpc) is 2.49. The number of aromatic nitrogens is 2. The predicted molar refractivity (Wildman–Crippen MR) is 92.3 cm³/mol. The number of benzene rings is 1. The number of halogens is 3. The van der Waals surface area contributed by atoms with E-state index < -0.39 is 0 Å². The van der Waals surface area contributed by atoms with Gasteiger partial charge in [-0.3, -0.25) is 0 Å². The van der Waals surface area contributed by atoms with Crippen LogP contribution in [0.4, 0.5) is 17.5 Å². The summed E-state index contributed by atoms with van der Waals surface area (Å²) >= 11 is 18.0. The zero-order chi connectivity index (χ0) is 15.7. The van der Waals surface area contributed by atoms with Gasteiger partial charge < -0.3 is 15.5 Å². The molecule has 1 fully saturated rings. The fourth-order valence-corrected chi connectivity index (χ4v) is 2.94. The van der Waals surface area contributed by atoms with Crippen LogP contribution in [0.1, 0.15) is 0 Å². The molecule has 0 spiro atoms. The summed E-state index contributed by atoms with van der Waals surface area (Å²) < 4.78 is 0. The lowest BCUT2D eigenvalue weighted by Crippen LogP contribution is -2.46. The molecule has 2 N–H and O–H groups in total. The maximum Gasteiger partial charge on any atom is 0.223 e. The summed E-state index contributed by atoms with van der Waals surface area (Å²) in [5.74, 6) is 0.945. The van der Waals surface area contributed by atoms with Gasteiger partial charge >= 0.3 is 0 Å². The van der Waals surface area contributed by atoms with Gasteiger partial charge in [-0.1, -0.05) is 34.8 Å². The third kappa shape index (κ3) is 3.32. The summed E-state index contributed by atoms with van der Waals surface area (Å²) in [5, 5.41) is 1.49.